The Morgan fingerprint density at radius 1 is 1.47 bits per heavy atom. The lowest BCUT2D eigenvalue weighted by molar-refractivity contribution is -0.140. The summed E-state index contributed by atoms with van der Waals surface area (Å²) in [6, 6.07) is -1.72. The van der Waals surface area contributed by atoms with Crippen molar-refractivity contribution in [3.05, 3.63) is 0 Å². The number of carboxylic acids is 1. The molecule has 1 rings (SSSR count). The Kier molecular flexibility index (Phi) is 5.27. The Labute approximate surface area is 112 Å². The molecule has 9 heteroatoms. The number of amides is 1. The van der Waals surface area contributed by atoms with Crippen molar-refractivity contribution >= 4 is 22.1 Å². The van der Waals surface area contributed by atoms with E-state index in [1.165, 1.54) is 4.31 Å². The number of carbonyl (C=O) groups is 2. The van der Waals surface area contributed by atoms with Crippen molar-refractivity contribution in [3.63, 3.8) is 0 Å². The number of carboxylic acid groups (broad SMARTS) is 1. The normalized spacial score (nSPS) is 22.9. The molecule has 0 aromatic carbocycles. The van der Waals surface area contributed by atoms with E-state index < -0.39 is 34.5 Å². The molecular formula is C10H19N3O5S. The summed E-state index contributed by atoms with van der Waals surface area (Å²) < 4.78 is 27.4. The molecule has 1 fully saturated rings. The maximum Gasteiger partial charge on any atom is 0.322 e. The number of primary amides is 1. The monoisotopic (exact) mass is 293 g/mol. The molecule has 1 unspecified atom stereocenters. The SMILES string of the molecule is CC1CCCCN1S(=O)(=O)N[C@@H](CC(N)=O)C(=O)O. The molecule has 8 nitrogen and oxygen atoms in total. The number of nitrogens with two attached hydrogens (primary N) is 1. The third-order valence-electron chi connectivity index (χ3n) is 3.05. The Morgan fingerprint density at radius 3 is 2.58 bits per heavy atom. The van der Waals surface area contributed by atoms with Gasteiger partial charge in [-0.1, -0.05) is 6.42 Å². The molecule has 0 bridgehead atoms. The highest BCUT2D eigenvalue weighted by atomic mass is 32.2. The molecular weight excluding hydrogens is 274 g/mol. The minimum absolute atomic E-state index is 0.186. The van der Waals surface area contributed by atoms with Crippen molar-refractivity contribution < 1.29 is 23.1 Å². The fraction of sp³-hybridized carbons (Fsp3) is 0.800. The molecule has 1 aliphatic rings. The lowest BCUT2D eigenvalue weighted by Crippen LogP contribution is -2.53. The quantitative estimate of drug-likeness (QED) is 0.579. The molecule has 2 atom stereocenters. The molecule has 110 valence electrons. The maximum atomic E-state index is 12.1. The predicted octanol–water partition coefficient (Wildman–Crippen LogP) is -0.976. The first-order chi connectivity index (χ1) is 8.74. The average molecular weight is 293 g/mol. The minimum Gasteiger partial charge on any atom is -0.480 e. The number of rotatable bonds is 6. The van der Waals surface area contributed by atoms with Crippen LogP contribution < -0.4 is 10.5 Å². The van der Waals surface area contributed by atoms with Crippen molar-refractivity contribution in [2.24, 2.45) is 5.73 Å². The molecule has 1 heterocycles. The molecule has 0 saturated carbocycles. The van der Waals surface area contributed by atoms with Crippen LogP contribution in [0.1, 0.15) is 32.6 Å². The zero-order valence-electron chi connectivity index (χ0n) is 10.7. The molecule has 19 heavy (non-hydrogen) atoms. The zero-order chi connectivity index (χ0) is 14.6. The van der Waals surface area contributed by atoms with Crippen LogP contribution in [0.4, 0.5) is 0 Å². The van der Waals surface area contributed by atoms with E-state index in [1.54, 1.807) is 6.92 Å². The van der Waals surface area contributed by atoms with Gasteiger partial charge in [0.15, 0.2) is 0 Å². The smallest absolute Gasteiger partial charge is 0.322 e. The Morgan fingerprint density at radius 2 is 2.11 bits per heavy atom. The van der Waals surface area contributed by atoms with Crippen molar-refractivity contribution in [2.75, 3.05) is 6.54 Å². The van der Waals surface area contributed by atoms with Crippen molar-refractivity contribution in [1.29, 1.82) is 0 Å². The summed E-state index contributed by atoms with van der Waals surface area (Å²) in [4.78, 5) is 21.7. The van der Waals surface area contributed by atoms with Gasteiger partial charge >= 0.3 is 5.97 Å². The highest BCUT2D eigenvalue weighted by molar-refractivity contribution is 7.87. The molecule has 0 aromatic rings. The second-order valence-corrected chi connectivity index (χ2v) is 6.29. The van der Waals surface area contributed by atoms with Gasteiger partial charge in [-0.15, -0.1) is 0 Å². The van der Waals surface area contributed by atoms with Crippen LogP contribution in [0.25, 0.3) is 0 Å². The van der Waals surface area contributed by atoms with Gasteiger partial charge in [0.1, 0.15) is 6.04 Å². The number of aliphatic carboxylic acids is 1. The molecule has 1 saturated heterocycles. The van der Waals surface area contributed by atoms with Gasteiger partial charge in [-0.05, 0) is 19.8 Å². The van der Waals surface area contributed by atoms with Crippen LogP contribution in [0.3, 0.4) is 0 Å². The van der Waals surface area contributed by atoms with Crippen LogP contribution in [0, 0.1) is 0 Å². The minimum atomic E-state index is -3.93. The summed E-state index contributed by atoms with van der Waals surface area (Å²) in [5.74, 6) is -2.30. The second-order valence-electron chi connectivity index (χ2n) is 4.64. The third kappa shape index (κ3) is 4.44. The van der Waals surface area contributed by atoms with Gasteiger partial charge in [0.2, 0.25) is 5.91 Å². The predicted molar refractivity (Wildman–Crippen MR) is 67.3 cm³/mol. The van der Waals surface area contributed by atoms with Crippen LogP contribution >= 0.6 is 0 Å². The van der Waals surface area contributed by atoms with Gasteiger partial charge in [0, 0.05) is 12.6 Å². The van der Waals surface area contributed by atoms with Crippen molar-refractivity contribution in [1.82, 2.24) is 9.03 Å². The maximum absolute atomic E-state index is 12.1. The average Bonchev–Trinajstić information content (AvgIpc) is 2.27. The first-order valence-electron chi connectivity index (χ1n) is 6.04. The number of hydrogen-bond donors (Lipinski definition) is 3. The van der Waals surface area contributed by atoms with E-state index in [9.17, 15) is 18.0 Å². The van der Waals surface area contributed by atoms with Gasteiger partial charge in [-0.3, -0.25) is 9.59 Å². The molecule has 0 radical (unpaired) electrons. The van der Waals surface area contributed by atoms with Crippen LogP contribution in [-0.2, 0) is 19.8 Å². The van der Waals surface area contributed by atoms with E-state index in [2.05, 4.69) is 0 Å². The van der Waals surface area contributed by atoms with Gasteiger partial charge in [-0.25, -0.2) is 0 Å². The van der Waals surface area contributed by atoms with Gasteiger partial charge in [0.05, 0.1) is 6.42 Å². The Hall–Kier alpha value is -1.19. The van der Waals surface area contributed by atoms with E-state index in [1.807, 2.05) is 4.72 Å². The Bertz CT molecular complexity index is 450. The number of nitrogens with zero attached hydrogens (tertiary/aromatic N) is 1. The molecule has 1 amide bonds. The highest BCUT2D eigenvalue weighted by Crippen LogP contribution is 2.19. The number of carbonyl (C=O) groups excluding carboxylic acids is 1. The third-order valence-corrected chi connectivity index (χ3v) is 4.79. The van der Waals surface area contributed by atoms with Crippen LogP contribution in [0.5, 0.6) is 0 Å². The van der Waals surface area contributed by atoms with Gasteiger partial charge in [-0.2, -0.15) is 17.4 Å². The van der Waals surface area contributed by atoms with Gasteiger partial charge in [0.25, 0.3) is 10.2 Å². The van der Waals surface area contributed by atoms with E-state index in [4.69, 9.17) is 10.8 Å². The van der Waals surface area contributed by atoms with Crippen LogP contribution in [0.2, 0.25) is 0 Å². The van der Waals surface area contributed by atoms with Crippen molar-refractivity contribution in [3.8, 4) is 0 Å². The number of nitrogens with one attached hydrogen (secondary N) is 1. The van der Waals surface area contributed by atoms with Crippen LogP contribution in [0.15, 0.2) is 0 Å². The second kappa shape index (κ2) is 6.31. The molecule has 0 aliphatic carbocycles. The van der Waals surface area contributed by atoms with Crippen molar-refractivity contribution in [2.45, 2.75) is 44.7 Å². The molecule has 1 aliphatic heterocycles. The number of hydrogen-bond acceptors (Lipinski definition) is 4. The fourth-order valence-electron chi connectivity index (χ4n) is 2.06. The molecule has 0 spiro atoms. The first kappa shape index (κ1) is 15.9. The summed E-state index contributed by atoms with van der Waals surface area (Å²) in [6.07, 6.45) is 1.83. The van der Waals surface area contributed by atoms with E-state index in [0.29, 0.717) is 6.54 Å². The Balaban J connectivity index is 2.81. The summed E-state index contributed by atoms with van der Waals surface area (Å²) in [5, 5.41) is 8.90. The molecule has 0 aromatic heterocycles. The lowest BCUT2D eigenvalue weighted by Gasteiger charge is -2.32. The summed E-state index contributed by atoms with van der Waals surface area (Å²) in [5.41, 5.74) is 4.91. The van der Waals surface area contributed by atoms with Crippen LogP contribution in [-0.4, -0.2) is 48.3 Å². The zero-order valence-corrected chi connectivity index (χ0v) is 11.5. The first-order valence-corrected chi connectivity index (χ1v) is 7.48. The summed E-state index contributed by atoms with van der Waals surface area (Å²) >= 11 is 0. The number of piperidine rings is 1. The van der Waals surface area contributed by atoms with Gasteiger partial charge < -0.3 is 10.8 Å². The van der Waals surface area contributed by atoms with E-state index in [0.717, 1.165) is 19.3 Å². The lowest BCUT2D eigenvalue weighted by atomic mass is 10.1. The fourth-order valence-corrected chi connectivity index (χ4v) is 3.68. The highest BCUT2D eigenvalue weighted by Gasteiger charge is 2.33. The van der Waals surface area contributed by atoms with E-state index in [-0.39, 0.29) is 6.04 Å². The standard InChI is InChI=1S/C10H19N3O5S/c1-7-4-2-3-5-13(7)19(17,18)12-8(10(15)16)6-9(11)14/h7-8,12H,2-6H2,1H3,(H2,11,14)(H,15,16)/t7?,8-/m0/s1. The summed E-state index contributed by atoms with van der Waals surface area (Å²) in [6.45, 7) is 2.11. The van der Waals surface area contributed by atoms with E-state index >= 15 is 0 Å². The largest absolute Gasteiger partial charge is 0.480 e. The molecule has 4 N–H and O–H groups in total. The summed E-state index contributed by atoms with van der Waals surface area (Å²) in [7, 11) is -3.93. The topological polar surface area (TPSA) is 130 Å².